The van der Waals surface area contributed by atoms with Gasteiger partial charge in [0, 0.05) is 29.4 Å². The minimum Gasteiger partial charge on any atom is -0.399 e. The summed E-state index contributed by atoms with van der Waals surface area (Å²) in [6.45, 7) is 0.399. The Kier molecular flexibility index (Phi) is 7.67. The molecule has 0 heterocycles. The van der Waals surface area contributed by atoms with Gasteiger partial charge in [-0.1, -0.05) is 31.4 Å². The van der Waals surface area contributed by atoms with Crippen molar-refractivity contribution in [2.75, 3.05) is 11.1 Å². The highest BCUT2D eigenvalue weighted by molar-refractivity contribution is 5.94. The van der Waals surface area contributed by atoms with Crippen LogP contribution in [0, 0.1) is 5.92 Å². The van der Waals surface area contributed by atoms with Crippen molar-refractivity contribution in [3.05, 3.63) is 59.7 Å². The molecule has 0 aromatic heterocycles. The van der Waals surface area contributed by atoms with Gasteiger partial charge in [0.2, 0.25) is 5.91 Å². The lowest BCUT2D eigenvalue weighted by molar-refractivity contribution is -0.120. The van der Waals surface area contributed by atoms with Crippen molar-refractivity contribution in [1.29, 1.82) is 0 Å². The quantitative estimate of drug-likeness (QED) is 0.674. The summed E-state index contributed by atoms with van der Waals surface area (Å²) in [5.41, 5.74) is 8.55. The molecule has 3 rings (SSSR count). The molecule has 1 aliphatic rings. The second-order valence-electron chi connectivity index (χ2n) is 6.83. The minimum absolute atomic E-state index is 0. The zero-order chi connectivity index (χ0) is 18.4. The smallest absolute Gasteiger partial charge is 0.251 e. The number of rotatable bonds is 5. The summed E-state index contributed by atoms with van der Waals surface area (Å²) >= 11 is 0. The number of carbonyl (C=O) groups is 2. The summed E-state index contributed by atoms with van der Waals surface area (Å²) in [5, 5.41) is 5.90. The van der Waals surface area contributed by atoms with Gasteiger partial charge in [-0.2, -0.15) is 0 Å². The van der Waals surface area contributed by atoms with Crippen molar-refractivity contribution >= 4 is 35.6 Å². The molecule has 2 aromatic carbocycles. The number of amides is 2. The van der Waals surface area contributed by atoms with E-state index >= 15 is 0 Å². The van der Waals surface area contributed by atoms with Crippen molar-refractivity contribution in [3.8, 4) is 0 Å². The fourth-order valence-electron chi connectivity index (χ4n) is 3.29. The number of nitrogens with one attached hydrogen (secondary N) is 2. The Balaban J connectivity index is 0.00000261. The molecule has 0 atom stereocenters. The maximum Gasteiger partial charge on any atom is 0.251 e. The van der Waals surface area contributed by atoms with Gasteiger partial charge in [-0.05, 0) is 54.8 Å². The van der Waals surface area contributed by atoms with Crippen LogP contribution in [0.4, 0.5) is 11.4 Å². The lowest BCUT2D eigenvalue weighted by Gasteiger charge is -2.20. The Morgan fingerprint density at radius 1 is 1.00 bits per heavy atom. The highest BCUT2D eigenvalue weighted by Gasteiger charge is 2.21. The molecule has 2 aromatic rings. The van der Waals surface area contributed by atoms with Gasteiger partial charge in [-0.25, -0.2) is 0 Å². The summed E-state index contributed by atoms with van der Waals surface area (Å²) in [6.07, 6.45) is 5.45. The first-order valence-electron chi connectivity index (χ1n) is 9.15. The Hall–Kier alpha value is -2.53. The van der Waals surface area contributed by atoms with Gasteiger partial charge < -0.3 is 16.4 Å². The highest BCUT2D eigenvalue weighted by Crippen LogP contribution is 2.25. The summed E-state index contributed by atoms with van der Waals surface area (Å²) in [5.74, 6) is 0.0760. The molecule has 0 aliphatic heterocycles. The second-order valence-corrected chi connectivity index (χ2v) is 6.83. The number of nitrogens with two attached hydrogens (primary N) is 1. The van der Waals surface area contributed by atoms with Crippen LogP contribution < -0.4 is 16.4 Å². The van der Waals surface area contributed by atoms with E-state index in [0.29, 0.717) is 17.8 Å². The molecule has 144 valence electrons. The fraction of sp³-hybridized carbons (Fsp3) is 0.333. The molecule has 4 N–H and O–H groups in total. The second kappa shape index (κ2) is 9.97. The molecule has 1 aliphatic carbocycles. The summed E-state index contributed by atoms with van der Waals surface area (Å²) < 4.78 is 0. The monoisotopic (exact) mass is 387 g/mol. The van der Waals surface area contributed by atoms with Gasteiger partial charge in [-0.3, -0.25) is 9.59 Å². The van der Waals surface area contributed by atoms with Gasteiger partial charge in [0.25, 0.3) is 5.91 Å². The van der Waals surface area contributed by atoms with E-state index < -0.39 is 0 Å². The molecule has 0 radical (unpaired) electrons. The van der Waals surface area contributed by atoms with Crippen LogP contribution in [-0.4, -0.2) is 11.8 Å². The number of hydrogen-bond acceptors (Lipinski definition) is 3. The predicted octanol–water partition coefficient (Wildman–Crippen LogP) is 4.14. The molecular weight excluding hydrogens is 362 g/mol. The van der Waals surface area contributed by atoms with Crippen LogP contribution in [0.15, 0.2) is 48.5 Å². The molecule has 1 fully saturated rings. The Morgan fingerprint density at radius 3 is 2.41 bits per heavy atom. The van der Waals surface area contributed by atoms with Gasteiger partial charge >= 0.3 is 0 Å². The molecule has 1 saturated carbocycles. The van der Waals surface area contributed by atoms with Crippen molar-refractivity contribution in [3.63, 3.8) is 0 Å². The minimum atomic E-state index is -0.151. The molecule has 0 unspecified atom stereocenters. The average molecular weight is 388 g/mol. The van der Waals surface area contributed by atoms with Gasteiger partial charge in [-0.15, -0.1) is 12.4 Å². The molecule has 0 bridgehead atoms. The van der Waals surface area contributed by atoms with E-state index in [2.05, 4.69) is 10.6 Å². The standard InChI is InChI=1S/C21H25N3O2.ClH/c22-18-11-9-17(10-12-18)20(25)23-14-15-5-4-8-19(13-15)24-21(26)16-6-2-1-3-7-16;/h4-5,8-13,16H,1-3,6-7,14,22H2,(H,23,25)(H,24,26);1H. The Bertz CT molecular complexity index is 771. The number of halogens is 1. The number of anilines is 2. The van der Waals surface area contributed by atoms with E-state index in [9.17, 15) is 9.59 Å². The third-order valence-corrected chi connectivity index (χ3v) is 4.80. The van der Waals surface area contributed by atoms with Crippen molar-refractivity contribution < 1.29 is 9.59 Å². The summed E-state index contributed by atoms with van der Waals surface area (Å²) in [4.78, 5) is 24.5. The van der Waals surface area contributed by atoms with E-state index in [0.717, 1.165) is 36.9 Å². The number of hydrogen-bond donors (Lipinski definition) is 3. The highest BCUT2D eigenvalue weighted by atomic mass is 35.5. The maximum absolute atomic E-state index is 12.4. The van der Waals surface area contributed by atoms with Crippen LogP contribution in [0.1, 0.15) is 48.0 Å². The zero-order valence-corrected chi connectivity index (χ0v) is 16.1. The molecule has 0 spiro atoms. The first-order valence-corrected chi connectivity index (χ1v) is 9.15. The van der Waals surface area contributed by atoms with Crippen molar-refractivity contribution in [2.24, 2.45) is 5.92 Å². The lowest BCUT2D eigenvalue weighted by atomic mass is 9.88. The van der Waals surface area contributed by atoms with Crippen LogP contribution in [0.25, 0.3) is 0 Å². The van der Waals surface area contributed by atoms with Gasteiger partial charge in [0.05, 0.1) is 0 Å². The first kappa shape index (κ1) is 20.8. The maximum atomic E-state index is 12.4. The molecule has 6 heteroatoms. The van der Waals surface area contributed by atoms with Gasteiger partial charge in [0.15, 0.2) is 0 Å². The van der Waals surface area contributed by atoms with Crippen molar-refractivity contribution in [2.45, 2.75) is 38.6 Å². The number of benzene rings is 2. The molecule has 0 saturated heterocycles. The average Bonchev–Trinajstić information content (AvgIpc) is 2.67. The third kappa shape index (κ3) is 6.00. The summed E-state index contributed by atoms with van der Waals surface area (Å²) in [6, 6.07) is 14.4. The van der Waals surface area contributed by atoms with E-state index in [1.165, 1.54) is 6.42 Å². The Morgan fingerprint density at radius 2 is 1.70 bits per heavy atom. The SMILES string of the molecule is Cl.Nc1ccc(C(=O)NCc2cccc(NC(=O)C3CCCCC3)c2)cc1. The van der Waals surface area contributed by atoms with Crippen LogP contribution in [0.5, 0.6) is 0 Å². The fourth-order valence-corrected chi connectivity index (χ4v) is 3.29. The van der Waals surface area contributed by atoms with E-state index in [1.54, 1.807) is 24.3 Å². The molecule has 27 heavy (non-hydrogen) atoms. The van der Waals surface area contributed by atoms with Crippen LogP contribution in [0.3, 0.4) is 0 Å². The number of carbonyl (C=O) groups excluding carboxylic acids is 2. The molecule has 2 amide bonds. The van der Waals surface area contributed by atoms with E-state index in [4.69, 9.17) is 5.73 Å². The zero-order valence-electron chi connectivity index (χ0n) is 15.2. The van der Waals surface area contributed by atoms with E-state index in [-0.39, 0.29) is 30.1 Å². The largest absolute Gasteiger partial charge is 0.399 e. The molecular formula is C21H26ClN3O2. The van der Waals surface area contributed by atoms with Crippen LogP contribution in [-0.2, 0) is 11.3 Å². The third-order valence-electron chi connectivity index (χ3n) is 4.80. The van der Waals surface area contributed by atoms with Crippen LogP contribution >= 0.6 is 12.4 Å². The summed E-state index contributed by atoms with van der Waals surface area (Å²) in [7, 11) is 0. The predicted molar refractivity (Wildman–Crippen MR) is 111 cm³/mol. The Labute approximate surface area is 166 Å². The van der Waals surface area contributed by atoms with E-state index in [1.807, 2.05) is 24.3 Å². The normalized spacial score (nSPS) is 14.1. The first-order chi connectivity index (χ1) is 12.6. The molecule has 5 nitrogen and oxygen atoms in total. The lowest BCUT2D eigenvalue weighted by Crippen LogP contribution is -2.25. The van der Waals surface area contributed by atoms with Crippen LogP contribution in [0.2, 0.25) is 0 Å². The number of nitrogen functional groups attached to an aromatic ring is 1. The topological polar surface area (TPSA) is 84.2 Å². The van der Waals surface area contributed by atoms with Crippen molar-refractivity contribution in [1.82, 2.24) is 5.32 Å². The van der Waals surface area contributed by atoms with Gasteiger partial charge in [0.1, 0.15) is 0 Å².